The van der Waals surface area contributed by atoms with Crippen LogP contribution in [-0.4, -0.2) is 34.3 Å². The van der Waals surface area contributed by atoms with Gasteiger partial charge in [0.2, 0.25) is 0 Å². The Morgan fingerprint density at radius 2 is 1.74 bits per heavy atom. The molecule has 0 bridgehead atoms. The van der Waals surface area contributed by atoms with E-state index in [4.69, 9.17) is 9.97 Å². The fourth-order valence-electron chi connectivity index (χ4n) is 3.91. The summed E-state index contributed by atoms with van der Waals surface area (Å²) in [7, 11) is 2.10. The molecular formula is C20H21N7. The summed E-state index contributed by atoms with van der Waals surface area (Å²) < 4.78 is 4.00. The van der Waals surface area contributed by atoms with Crippen molar-refractivity contribution >= 4 is 11.0 Å². The van der Waals surface area contributed by atoms with Gasteiger partial charge in [-0.1, -0.05) is 12.1 Å². The maximum absolute atomic E-state index is 4.86. The summed E-state index contributed by atoms with van der Waals surface area (Å²) in [5, 5.41) is 4.46. The van der Waals surface area contributed by atoms with E-state index in [0.29, 0.717) is 11.8 Å². The van der Waals surface area contributed by atoms with Crippen molar-refractivity contribution in [1.82, 2.24) is 34.3 Å². The van der Waals surface area contributed by atoms with Gasteiger partial charge in [-0.15, -0.1) is 5.10 Å². The zero-order chi connectivity index (χ0) is 18.7. The van der Waals surface area contributed by atoms with Gasteiger partial charge >= 0.3 is 0 Å². The number of imidazole rings is 1. The molecule has 0 spiro atoms. The van der Waals surface area contributed by atoms with Crippen LogP contribution in [0.3, 0.4) is 0 Å². The molecule has 3 aromatic heterocycles. The van der Waals surface area contributed by atoms with Crippen LogP contribution in [0.1, 0.15) is 47.2 Å². The van der Waals surface area contributed by atoms with Gasteiger partial charge in [-0.05, 0) is 39.3 Å². The first-order valence-electron chi connectivity index (χ1n) is 9.19. The zero-order valence-corrected chi connectivity index (χ0v) is 15.9. The van der Waals surface area contributed by atoms with Gasteiger partial charge in [0.15, 0.2) is 5.82 Å². The Balaban J connectivity index is 1.51. The Morgan fingerprint density at radius 1 is 0.926 bits per heavy atom. The minimum Gasteiger partial charge on any atom is -0.331 e. The number of aromatic nitrogens is 7. The van der Waals surface area contributed by atoms with E-state index in [1.807, 2.05) is 32.9 Å². The quantitative estimate of drug-likeness (QED) is 0.562. The molecule has 0 amide bonds. The van der Waals surface area contributed by atoms with Crippen LogP contribution in [-0.2, 0) is 7.05 Å². The largest absolute Gasteiger partial charge is 0.331 e. The molecule has 27 heavy (non-hydrogen) atoms. The second-order valence-corrected chi connectivity index (χ2v) is 7.28. The number of fused-ring (bicyclic) bond motifs is 1. The van der Waals surface area contributed by atoms with E-state index in [1.54, 1.807) is 4.68 Å². The molecule has 4 aromatic rings. The van der Waals surface area contributed by atoms with Crippen molar-refractivity contribution in [2.75, 3.05) is 0 Å². The number of hydrogen-bond donors (Lipinski definition) is 0. The second-order valence-electron chi connectivity index (χ2n) is 7.28. The fraction of sp³-hybridized carbons (Fsp3) is 0.350. The minimum absolute atomic E-state index is 0.367. The van der Waals surface area contributed by atoms with Crippen molar-refractivity contribution < 1.29 is 0 Å². The molecule has 1 fully saturated rings. The van der Waals surface area contributed by atoms with Crippen LogP contribution in [0.5, 0.6) is 0 Å². The smallest absolute Gasteiger partial charge is 0.159 e. The fourth-order valence-corrected chi connectivity index (χ4v) is 3.91. The van der Waals surface area contributed by atoms with E-state index in [0.717, 1.165) is 46.7 Å². The van der Waals surface area contributed by atoms with Crippen LogP contribution in [0.2, 0.25) is 0 Å². The second kappa shape index (κ2) is 5.70. The van der Waals surface area contributed by atoms with Gasteiger partial charge in [-0.3, -0.25) is 0 Å². The molecule has 0 saturated heterocycles. The summed E-state index contributed by atoms with van der Waals surface area (Å²) in [6.45, 7) is 5.76. The topological polar surface area (TPSA) is 74.3 Å². The predicted octanol–water partition coefficient (Wildman–Crippen LogP) is 3.14. The SMILES string of the molecule is Cc1nc([C@@H]2C[C@H]2c2nc3ccccc3n2C)cc(-n2nc(C)nc2C)n1. The molecule has 0 aliphatic heterocycles. The first-order valence-corrected chi connectivity index (χ1v) is 9.19. The third-order valence-corrected chi connectivity index (χ3v) is 5.26. The van der Waals surface area contributed by atoms with Gasteiger partial charge in [0, 0.05) is 24.9 Å². The van der Waals surface area contributed by atoms with Gasteiger partial charge in [-0.25, -0.2) is 19.9 Å². The van der Waals surface area contributed by atoms with Gasteiger partial charge in [-0.2, -0.15) is 4.68 Å². The van der Waals surface area contributed by atoms with Gasteiger partial charge in [0.25, 0.3) is 0 Å². The minimum atomic E-state index is 0.367. The van der Waals surface area contributed by atoms with E-state index in [9.17, 15) is 0 Å². The number of para-hydroxylation sites is 2. The van der Waals surface area contributed by atoms with E-state index in [1.165, 1.54) is 5.52 Å². The summed E-state index contributed by atoms with van der Waals surface area (Å²) in [4.78, 5) is 18.5. The number of hydrogen-bond acceptors (Lipinski definition) is 5. The highest BCUT2D eigenvalue weighted by Crippen LogP contribution is 2.54. The highest BCUT2D eigenvalue weighted by molar-refractivity contribution is 5.76. The van der Waals surface area contributed by atoms with Crippen molar-refractivity contribution in [2.45, 2.75) is 39.0 Å². The standard InChI is InChI=1S/C20H21N7/c1-11-22-17(10-19(23-11)27-13(3)21-12(2)25-27)14-9-15(14)20-24-16-7-5-6-8-18(16)26(20)4/h5-8,10,14-15H,9H2,1-4H3/t14-,15-/m1/s1. The number of aryl methyl sites for hydroxylation is 4. The van der Waals surface area contributed by atoms with Crippen LogP contribution in [0.4, 0.5) is 0 Å². The number of rotatable bonds is 3. The van der Waals surface area contributed by atoms with Crippen molar-refractivity contribution in [3.05, 3.63) is 59.3 Å². The molecule has 0 unspecified atom stereocenters. The predicted molar refractivity (Wildman–Crippen MR) is 102 cm³/mol. The van der Waals surface area contributed by atoms with E-state index < -0.39 is 0 Å². The lowest BCUT2D eigenvalue weighted by atomic mass is 10.2. The van der Waals surface area contributed by atoms with Crippen LogP contribution < -0.4 is 0 Å². The van der Waals surface area contributed by atoms with E-state index >= 15 is 0 Å². The lowest BCUT2D eigenvalue weighted by Gasteiger charge is -2.07. The Morgan fingerprint density at radius 3 is 2.48 bits per heavy atom. The molecule has 0 radical (unpaired) electrons. The summed E-state index contributed by atoms with van der Waals surface area (Å²) >= 11 is 0. The van der Waals surface area contributed by atoms with Gasteiger partial charge in [0.05, 0.1) is 16.7 Å². The summed E-state index contributed by atoms with van der Waals surface area (Å²) in [5.74, 6) is 5.01. The molecule has 7 nitrogen and oxygen atoms in total. The summed E-state index contributed by atoms with van der Waals surface area (Å²) in [6.07, 6.45) is 1.06. The zero-order valence-electron chi connectivity index (χ0n) is 15.9. The molecule has 0 N–H and O–H groups in total. The lowest BCUT2D eigenvalue weighted by molar-refractivity contribution is 0.768. The van der Waals surface area contributed by atoms with E-state index in [-0.39, 0.29) is 0 Å². The first-order chi connectivity index (χ1) is 13.0. The molecule has 1 aliphatic rings. The molecule has 1 aromatic carbocycles. The third kappa shape index (κ3) is 2.61. The van der Waals surface area contributed by atoms with Crippen LogP contribution in [0, 0.1) is 20.8 Å². The Bertz CT molecular complexity index is 1170. The van der Waals surface area contributed by atoms with Crippen LogP contribution in [0.25, 0.3) is 16.9 Å². The lowest BCUT2D eigenvalue weighted by Crippen LogP contribution is -2.07. The summed E-state index contributed by atoms with van der Waals surface area (Å²) in [5.41, 5.74) is 3.28. The Hall–Kier alpha value is -3.09. The number of nitrogens with zero attached hydrogens (tertiary/aromatic N) is 7. The third-order valence-electron chi connectivity index (χ3n) is 5.26. The number of benzene rings is 1. The normalized spacial score (nSPS) is 19.0. The van der Waals surface area contributed by atoms with Crippen molar-refractivity contribution in [2.24, 2.45) is 7.05 Å². The maximum Gasteiger partial charge on any atom is 0.159 e. The molecular weight excluding hydrogens is 338 g/mol. The molecule has 3 heterocycles. The maximum atomic E-state index is 4.86. The highest BCUT2D eigenvalue weighted by Gasteiger charge is 2.44. The molecule has 7 heteroatoms. The van der Waals surface area contributed by atoms with Crippen molar-refractivity contribution in [3.8, 4) is 5.82 Å². The highest BCUT2D eigenvalue weighted by atomic mass is 15.4. The van der Waals surface area contributed by atoms with Crippen LogP contribution >= 0.6 is 0 Å². The van der Waals surface area contributed by atoms with Gasteiger partial charge < -0.3 is 4.57 Å². The van der Waals surface area contributed by atoms with Crippen molar-refractivity contribution in [1.29, 1.82) is 0 Å². The monoisotopic (exact) mass is 359 g/mol. The molecule has 1 saturated carbocycles. The molecule has 5 rings (SSSR count). The van der Waals surface area contributed by atoms with E-state index in [2.05, 4.69) is 44.9 Å². The average Bonchev–Trinajstić information content (AvgIpc) is 3.27. The first kappa shape index (κ1) is 16.1. The Labute approximate surface area is 157 Å². The summed E-state index contributed by atoms with van der Waals surface area (Å²) in [6, 6.07) is 10.3. The van der Waals surface area contributed by atoms with Crippen molar-refractivity contribution in [3.63, 3.8) is 0 Å². The molecule has 2 atom stereocenters. The molecule has 1 aliphatic carbocycles. The average molecular weight is 359 g/mol. The molecule has 136 valence electrons. The Kier molecular flexibility index (Phi) is 3.40. The van der Waals surface area contributed by atoms with Gasteiger partial charge in [0.1, 0.15) is 23.3 Å². The van der Waals surface area contributed by atoms with Crippen LogP contribution in [0.15, 0.2) is 30.3 Å².